The number of ether oxygens (including phenoxy) is 2. The number of rotatable bonds is 2. The van der Waals surface area contributed by atoms with Crippen molar-refractivity contribution in [3.63, 3.8) is 0 Å². The maximum absolute atomic E-state index is 9.81. The van der Waals surface area contributed by atoms with Gasteiger partial charge in [0.15, 0.2) is 6.29 Å². The van der Waals surface area contributed by atoms with Crippen molar-refractivity contribution in [2.45, 2.75) is 31.0 Å². The van der Waals surface area contributed by atoms with E-state index < -0.39 is 24.0 Å². The third kappa shape index (κ3) is 2.00. The van der Waals surface area contributed by atoms with Gasteiger partial charge in [-0.1, -0.05) is 0 Å². The highest BCUT2D eigenvalue weighted by Crippen LogP contribution is 2.23. The molecule has 0 radical (unpaired) electrons. The molecule has 0 spiro atoms. The van der Waals surface area contributed by atoms with Gasteiger partial charge in [-0.25, -0.2) is 0 Å². The van der Waals surface area contributed by atoms with E-state index in [9.17, 15) is 10.2 Å². The number of hydrogen-bond acceptors (Lipinski definition) is 5. The first-order valence-corrected chi connectivity index (χ1v) is 4.25. The monoisotopic (exact) mass is 191 g/mol. The Kier molecular flexibility index (Phi) is 3.26. The van der Waals surface area contributed by atoms with Crippen LogP contribution < -0.4 is 5.32 Å². The van der Waals surface area contributed by atoms with Crippen LogP contribution in [0.3, 0.4) is 0 Å². The fraction of sp³-hybridized carbons (Fsp3) is 1.00. The van der Waals surface area contributed by atoms with Crippen LogP contribution in [0.1, 0.15) is 6.92 Å². The van der Waals surface area contributed by atoms with E-state index in [0.29, 0.717) is 0 Å². The highest BCUT2D eigenvalue weighted by atomic mass is 16.7. The maximum Gasteiger partial charge on any atom is 0.184 e. The van der Waals surface area contributed by atoms with Crippen molar-refractivity contribution < 1.29 is 19.7 Å². The zero-order valence-electron chi connectivity index (χ0n) is 8.15. The predicted octanol–water partition coefficient (Wildman–Crippen LogP) is -1.31. The third-order valence-corrected chi connectivity index (χ3v) is 2.37. The summed E-state index contributed by atoms with van der Waals surface area (Å²) in [6, 6.07) is -0.439. The lowest BCUT2D eigenvalue weighted by atomic mass is 9.90. The van der Waals surface area contributed by atoms with Gasteiger partial charge < -0.3 is 25.0 Å². The summed E-state index contributed by atoms with van der Waals surface area (Å²) in [5, 5.41) is 22.4. The number of hydrogen-bond donors (Lipinski definition) is 3. The van der Waals surface area contributed by atoms with Crippen molar-refractivity contribution in [2.75, 3.05) is 20.8 Å². The number of nitrogens with one attached hydrogen (secondary N) is 1. The highest BCUT2D eigenvalue weighted by Gasteiger charge is 2.45. The highest BCUT2D eigenvalue weighted by molar-refractivity contribution is 4.96. The molecule has 5 nitrogen and oxygen atoms in total. The Balaban J connectivity index is 2.72. The van der Waals surface area contributed by atoms with Gasteiger partial charge >= 0.3 is 0 Å². The Hall–Kier alpha value is -0.200. The molecule has 1 rings (SSSR count). The van der Waals surface area contributed by atoms with Crippen LogP contribution in [0.25, 0.3) is 0 Å². The molecule has 1 unspecified atom stereocenters. The van der Waals surface area contributed by atoms with Gasteiger partial charge in [0.05, 0.1) is 12.6 Å². The number of likely N-dealkylation sites (N-methyl/N-ethyl adjacent to an activating group) is 1. The molecule has 1 heterocycles. The Bertz CT molecular complexity index is 174. The summed E-state index contributed by atoms with van der Waals surface area (Å²) >= 11 is 0. The molecule has 1 fully saturated rings. The molecule has 78 valence electrons. The smallest absolute Gasteiger partial charge is 0.184 e. The van der Waals surface area contributed by atoms with Crippen molar-refractivity contribution in [1.82, 2.24) is 5.32 Å². The van der Waals surface area contributed by atoms with Crippen molar-refractivity contribution in [3.8, 4) is 0 Å². The first kappa shape index (κ1) is 10.9. The molecule has 3 N–H and O–H groups in total. The second-order valence-electron chi connectivity index (χ2n) is 3.53. The van der Waals surface area contributed by atoms with Crippen LogP contribution in [0.5, 0.6) is 0 Å². The number of aliphatic hydroxyl groups is 2. The van der Waals surface area contributed by atoms with Crippen molar-refractivity contribution in [3.05, 3.63) is 0 Å². The maximum atomic E-state index is 9.81. The van der Waals surface area contributed by atoms with Crippen LogP contribution in [0.15, 0.2) is 0 Å². The molecule has 1 saturated heterocycles. The van der Waals surface area contributed by atoms with Crippen molar-refractivity contribution in [2.24, 2.45) is 0 Å². The fourth-order valence-electron chi connectivity index (χ4n) is 1.65. The van der Waals surface area contributed by atoms with Crippen LogP contribution >= 0.6 is 0 Å². The molecule has 0 saturated carbocycles. The van der Waals surface area contributed by atoms with Gasteiger partial charge in [0.2, 0.25) is 0 Å². The molecule has 0 aromatic carbocycles. The SMILES string of the molecule is CN[C@@H]1[C@@H](O)C(OC)OC[C@]1(C)O. The minimum atomic E-state index is -1.07. The van der Waals surface area contributed by atoms with Crippen molar-refractivity contribution in [1.29, 1.82) is 0 Å². The second kappa shape index (κ2) is 3.89. The standard InChI is InChI=1S/C8H17NO4/c1-8(11)4-13-7(12-3)5(10)6(8)9-2/h5-7,9-11H,4H2,1-3H3/t5-,6-,7?,8+/m1/s1. The molecule has 0 amide bonds. The van der Waals surface area contributed by atoms with Gasteiger partial charge in [0, 0.05) is 7.11 Å². The van der Waals surface area contributed by atoms with Gasteiger partial charge in [0.25, 0.3) is 0 Å². The third-order valence-electron chi connectivity index (χ3n) is 2.37. The van der Waals surface area contributed by atoms with Crippen LogP contribution in [-0.2, 0) is 9.47 Å². The average molecular weight is 191 g/mol. The zero-order valence-corrected chi connectivity index (χ0v) is 8.15. The molecule has 1 aliphatic rings. The molecule has 1 aliphatic heterocycles. The van der Waals surface area contributed by atoms with E-state index in [-0.39, 0.29) is 6.61 Å². The van der Waals surface area contributed by atoms with Crippen molar-refractivity contribution >= 4 is 0 Å². The van der Waals surface area contributed by atoms with Crippen LogP contribution in [0.2, 0.25) is 0 Å². The summed E-state index contributed by atoms with van der Waals surface area (Å²) in [5.41, 5.74) is -1.07. The Morgan fingerprint density at radius 2 is 2.23 bits per heavy atom. The molecular formula is C8H17NO4. The molecule has 4 atom stereocenters. The van der Waals surface area contributed by atoms with E-state index >= 15 is 0 Å². The first-order chi connectivity index (χ1) is 6.03. The molecule has 5 heteroatoms. The lowest BCUT2D eigenvalue weighted by molar-refractivity contribution is -0.258. The molecular weight excluding hydrogens is 174 g/mol. The van der Waals surface area contributed by atoms with E-state index in [1.165, 1.54) is 7.11 Å². The second-order valence-corrected chi connectivity index (χ2v) is 3.53. The van der Waals surface area contributed by atoms with E-state index in [0.717, 1.165) is 0 Å². The van der Waals surface area contributed by atoms with Crippen LogP contribution in [0.4, 0.5) is 0 Å². The summed E-state index contributed by atoms with van der Waals surface area (Å²) in [6.07, 6.45) is -1.53. The summed E-state index contributed by atoms with van der Waals surface area (Å²) < 4.78 is 10.0. The molecule has 0 aromatic rings. The first-order valence-electron chi connectivity index (χ1n) is 4.25. The van der Waals surface area contributed by atoms with Gasteiger partial charge in [-0.05, 0) is 14.0 Å². The van der Waals surface area contributed by atoms with E-state index in [1.54, 1.807) is 14.0 Å². The largest absolute Gasteiger partial charge is 0.386 e. The Morgan fingerprint density at radius 3 is 2.69 bits per heavy atom. The quantitative estimate of drug-likeness (QED) is 0.505. The molecule has 0 aromatic heterocycles. The topological polar surface area (TPSA) is 71.0 Å². The normalized spacial score (nSPS) is 46.4. The Morgan fingerprint density at radius 1 is 1.62 bits per heavy atom. The minimum absolute atomic E-state index is 0.147. The number of aliphatic hydroxyl groups excluding tert-OH is 1. The van der Waals surface area contributed by atoms with Crippen LogP contribution in [-0.4, -0.2) is 55.0 Å². The minimum Gasteiger partial charge on any atom is -0.386 e. The van der Waals surface area contributed by atoms with E-state index in [2.05, 4.69) is 5.32 Å². The van der Waals surface area contributed by atoms with Gasteiger partial charge in [0.1, 0.15) is 11.7 Å². The van der Waals surface area contributed by atoms with E-state index in [1.807, 2.05) is 0 Å². The summed E-state index contributed by atoms with van der Waals surface area (Å²) in [4.78, 5) is 0. The molecule has 0 bridgehead atoms. The number of methoxy groups -OCH3 is 1. The lowest BCUT2D eigenvalue weighted by Gasteiger charge is -2.43. The predicted molar refractivity (Wildman–Crippen MR) is 46.2 cm³/mol. The molecule has 0 aliphatic carbocycles. The fourth-order valence-corrected chi connectivity index (χ4v) is 1.65. The molecule has 13 heavy (non-hydrogen) atoms. The summed E-state index contributed by atoms with van der Waals surface area (Å²) in [5.74, 6) is 0. The lowest BCUT2D eigenvalue weighted by Crippen LogP contribution is -2.64. The summed E-state index contributed by atoms with van der Waals surface area (Å²) in [6.45, 7) is 1.76. The Labute approximate surface area is 77.7 Å². The van der Waals surface area contributed by atoms with Crippen LogP contribution in [0, 0.1) is 0 Å². The van der Waals surface area contributed by atoms with Gasteiger partial charge in [-0.15, -0.1) is 0 Å². The summed E-state index contributed by atoms with van der Waals surface area (Å²) in [7, 11) is 3.14. The average Bonchev–Trinajstić information content (AvgIpc) is 2.04. The van der Waals surface area contributed by atoms with Gasteiger partial charge in [-0.3, -0.25) is 0 Å². The zero-order chi connectivity index (χ0) is 10.1. The van der Waals surface area contributed by atoms with Gasteiger partial charge in [-0.2, -0.15) is 0 Å². The van der Waals surface area contributed by atoms with E-state index in [4.69, 9.17) is 9.47 Å².